The van der Waals surface area contributed by atoms with E-state index in [1.54, 1.807) is 24.5 Å². The molecule has 0 bridgehead atoms. The number of benzene rings is 1. The van der Waals surface area contributed by atoms with Gasteiger partial charge in [-0.05, 0) is 44.4 Å². The molecule has 6 heteroatoms. The molecule has 1 aliphatic rings. The lowest BCUT2D eigenvalue weighted by Crippen LogP contribution is -2.40. The number of hydrogen-bond acceptors (Lipinski definition) is 3. The fourth-order valence-corrected chi connectivity index (χ4v) is 3.35. The van der Waals surface area contributed by atoms with Crippen LogP contribution < -0.4 is 0 Å². The van der Waals surface area contributed by atoms with Gasteiger partial charge in [0.2, 0.25) is 5.91 Å². The molecule has 6 nitrogen and oxygen atoms in total. The van der Waals surface area contributed by atoms with Gasteiger partial charge in [0.25, 0.3) is 0 Å². The van der Waals surface area contributed by atoms with Crippen molar-refractivity contribution in [1.29, 1.82) is 0 Å². The Morgan fingerprint density at radius 1 is 1.32 bits per heavy atom. The molecule has 2 heterocycles. The smallest absolute Gasteiger partial charge is 0.335 e. The minimum Gasteiger partial charge on any atom is -0.478 e. The Hall–Kier alpha value is -2.63. The molecular weight excluding hydrogens is 318 g/mol. The summed E-state index contributed by atoms with van der Waals surface area (Å²) in [7, 11) is 0. The van der Waals surface area contributed by atoms with E-state index in [1.807, 2.05) is 29.4 Å². The van der Waals surface area contributed by atoms with Gasteiger partial charge in [-0.25, -0.2) is 9.78 Å². The summed E-state index contributed by atoms with van der Waals surface area (Å²) in [5.41, 5.74) is 3.24. The Bertz CT molecular complexity index is 797. The zero-order valence-electron chi connectivity index (χ0n) is 14.6. The Balaban J connectivity index is 1.70. The summed E-state index contributed by atoms with van der Waals surface area (Å²) in [6, 6.07) is 7.05. The number of piperidine rings is 1. The van der Waals surface area contributed by atoms with E-state index in [0.717, 1.165) is 36.3 Å². The first-order valence-electron chi connectivity index (χ1n) is 8.55. The molecule has 1 amide bonds. The molecule has 1 aromatic carbocycles. The van der Waals surface area contributed by atoms with Crippen LogP contribution in [0.4, 0.5) is 0 Å². The van der Waals surface area contributed by atoms with Crippen LogP contribution in [-0.4, -0.2) is 44.5 Å². The monoisotopic (exact) mass is 341 g/mol. The third-order valence-electron chi connectivity index (χ3n) is 5.03. The molecule has 1 aliphatic heterocycles. The number of imidazole rings is 1. The summed E-state index contributed by atoms with van der Waals surface area (Å²) in [5, 5.41) is 9.17. The lowest BCUT2D eigenvalue weighted by atomic mass is 9.89. The maximum Gasteiger partial charge on any atom is 0.335 e. The van der Waals surface area contributed by atoms with Crippen molar-refractivity contribution in [2.24, 2.45) is 0 Å². The maximum atomic E-state index is 12.7. The highest BCUT2D eigenvalue weighted by Crippen LogP contribution is 2.27. The van der Waals surface area contributed by atoms with Gasteiger partial charge in [-0.3, -0.25) is 4.79 Å². The van der Waals surface area contributed by atoms with Crippen LogP contribution in [0.3, 0.4) is 0 Å². The van der Waals surface area contributed by atoms with Gasteiger partial charge in [-0.15, -0.1) is 0 Å². The first-order valence-corrected chi connectivity index (χ1v) is 8.55. The Morgan fingerprint density at radius 3 is 2.80 bits per heavy atom. The van der Waals surface area contributed by atoms with E-state index < -0.39 is 5.97 Å². The highest BCUT2D eigenvalue weighted by Gasteiger charge is 2.25. The van der Waals surface area contributed by atoms with Crippen LogP contribution >= 0.6 is 0 Å². The zero-order chi connectivity index (χ0) is 18.0. The Labute approximate surface area is 147 Å². The number of aromatic carboxylic acids is 1. The quantitative estimate of drug-likeness (QED) is 0.927. The summed E-state index contributed by atoms with van der Waals surface area (Å²) in [6.07, 6.45) is 3.60. The summed E-state index contributed by atoms with van der Waals surface area (Å²) < 4.78 is 1.88. The average Bonchev–Trinajstić information content (AvgIpc) is 2.94. The van der Waals surface area contributed by atoms with Crippen LogP contribution in [-0.2, 0) is 11.3 Å². The molecular formula is C19H23N3O3. The topological polar surface area (TPSA) is 75.4 Å². The van der Waals surface area contributed by atoms with Gasteiger partial charge in [0, 0.05) is 24.7 Å². The van der Waals surface area contributed by atoms with Crippen LogP contribution in [0.5, 0.6) is 0 Å². The summed E-state index contributed by atoms with van der Waals surface area (Å²) in [6.45, 7) is 5.58. The maximum absolute atomic E-state index is 12.7. The van der Waals surface area contributed by atoms with Gasteiger partial charge < -0.3 is 14.6 Å². The van der Waals surface area contributed by atoms with E-state index in [4.69, 9.17) is 5.11 Å². The normalized spacial score (nSPS) is 17.5. The molecule has 0 aliphatic carbocycles. The Kier molecular flexibility index (Phi) is 4.88. The number of carbonyl (C=O) groups excluding carboxylic acids is 1. The van der Waals surface area contributed by atoms with Crippen LogP contribution in [0, 0.1) is 13.8 Å². The fraction of sp³-hybridized carbons (Fsp3) is 0.421. The number of carboxylic acids is 1. The molecule has 0 spiro atoms. The zero-order valence-corrected chi connectivity index (χ0v) is 14.6. The lowest BCUT2D eigenvalue weighted by molar-refractivity contribution is -0.133. The molecule has 1 fully saturated rings. The van der Waals surface area contributed by atoms with Gasteiger partial charge in [0.15, 0.2) is 0 Å². The third-order valence-corrected chi connectivity index (χ3v) is 5.03. The Morgan fingerprint density at radius 2 is 2.12 bits per heavy atom. The molecule has 0 saturated carbocycles. The minimum absolute atomic E-state index is 0.0830. The molecule has 2 aromatic rings. The van der Waals surface area contributed by atoms with Crippen molar-refractivity contribution in [2.45, 2.75) is 39.2 Å². The second-order valence-electron chi connectivity index (χ2n) is 6.65. The summed E-state index contributed by atoms with van der Waals surface area (Å²) >= 11 is 0. The number of amides is 1. The average molecular weight is 341 g/mol. The van der Waals surface area contributed by atoms with Crippen LogP contribution in [0.2, 0.25) is 0 Å². The molecule has 1 saturated heterocycles. The molecule has 1 N–H and O–H groups in total. The molecule has 3 rings (SSSR count). The number of carbonyl (C=O) groups is 2. The number of aryl methyl sites for hydroxylation is 1. The molecule has 0 unspecified atom stereocenters. The predicted octanol–water partition coefficient (Wildman–Crippen LogP) is 2.60. The van der Waals surface area contributed by atoms with Gasteiger partial charge in [-0.2, -0.15) is 0 Å². The van der Waals surface area contributed by atoms with E-state index in [-0.39, 0.29) is 11.8 Å². The standard InChI is InChI=1S/C19H23N3O3/c1-13-14(2)22(12-20-13)11-18(23)21-8-4-7-17(10-21)15-5-3-6-16(9-15)19(24)25/h3,5-6,9,12,17H,4,7-8,10-11H2,1-2H3,(H,24,25)/t17-/m1/s1. The van der Waals surface area contributed by atoms with Crippen molar-refractivity contribution in [3.8, 4) is 0 Å². The third kappa shape index (κ3) is 3.73. The van der Waals surface area contributed by atoms with E-state index in [0.29, 0.717) is 18.7 Å². The molecule has 1 atom stereocenters. The van der Waals surface area contributed by atoms with Gasteiger partial charge >= 0.3 is 5.97 Å². The van der Waals surface area contributed by atoms with Crippen LogP contribution in [0.25, 0.3) is 0 Å². The van der Waals surface area contributed by atoms with E-state index in [2.05, 4.69) is 4.98 Å². The van der Waals surface area contributed by atoms with E-state index in [1.165, 1.54) is 0 Å². The van der Waals surface area contributed by atoms with Crippen molar-refractivity contribution in [1.82, 2.24) is 14.5 Å². The predicted molar refractivity (Wildman–Crippen MR) is 93.7 cm³/mol. The van der Waals surface area contributed by atoms with Crippen LogP contribution in [0.15, 0.2) is 30.6 Å². The van der Waals surface area contributed by atoms with Crippen LogP contribution in [0.1, 0.15) is 46.1 Å². The number of likely N-dealkylation sites (tertiary alicyclic amines) is 1. The van der Waals surface area contributed by atoms with Gasteiger partial charge in [0.05, 0.1) is 17.6 Å². The summed E-state index contributed by atoms with van der Waals surface area (Å²) in [4.78, 5) is 30.0. The van der Waals surface area contributed by atoms with Crippen molar-refractivity contribution in [3.63, 3.8) is 0 Å². The summed E-state index contributed by atoms with van der Waals surface area (Å²) in [5.74, 6) is -0.654. The molecule has 25 heavy (non-hydrogen) atoms. The fourth-order valence-electron chi connectivity index (χ4n) is 3.35. The number of carboxylic acid groups (broad SMARTS) is 1. The van der Waals surface area contributed by atoms with Crippen molar-refractivity contribution in [2.75, 3.05) is 13.1 Å². The SMILES string of the molecule is Cc1ncn(CC(=O)N2CCC[C@@H](c3cccc(C(=O)O)c3)C2)c1C. The number of hydrogen-bond donors (Lipinski definition) is 1. The van der Waals surface area contributed by atoms with E-state index in [9.17, 15) is 9.59 Å². The van der Waals surface area contributed by atoms with Crippen molar-refractivity contribution >= 4 is 11.9 Å². The highest BCUT2D eigenvalue weighted by atomic mass is 16.4. The largest absolute Gasteiger partial charge is 0.478 e. The van der Waals surface area contributed by atoms with Crippen molar-refractivity contribution in [3.05, 3.63) is 53.1 Å². The van der Waals surface area contributed by atoms with Gasteiger partial charge in [-0.1, -0.05) is 12.1 Å². The lowest BCUT2D eigenvalue weighted by Gasteiger charge is -2.33. The van der Waals surface area contributed by atoms with Crippen molar-refractivity contribution < 1.29 is 14.7 Å². The van der Waals surface area contributed by atoms with Gasteiger partial charge in [0.1, 0.15) is 6.54 Å². The molecule has 1 aromatic heterocycles. The highest BCUT2D eigenvalue weighted by molar-refractivity contribution is 5.87. The molecule has 0 radical (unpaired) electrons. The second-order valence-corrected chi connectivity index (χ2v) is 6.65. The molecule has 132 valence electrons. The number of nitrogens with zero attached hydrogens (tertiary/aromatic N) is 3. The second kappa shape index (κ2) is 7.09. The minimum atomic E-state index is -0.920. The first-order chi connectivity index (χ1) is 12.0. The number of rotatable bonds is 4. The van der Waals surface area contributed by atoms with E-state index >= 15 is 0 Å². The number of aromatic nitrogens is 2. The first kappa shape index (κ1) is 17.2.